The normalized spacial score (nSPS) is 18.2. The molecule has 1 N–H and O–H groups in total. The minimum atomic E-state index is -0.354. The topological polar surface area (TPSA) is 78.7 Å². The van der Waals surface area contributed by atoms with Gasteiger partial charge < -0.3 is 15.1 Å². The van der Waals surface area contributed by atoms with Crippen LogP contribution in [0.25, 0.3) is 5.00 Å². The van der Waals surface area contributed by atoms with Gasteiger partial charge in [0.1, 0.15) is 16.9 Å². The Kier molecular flexibility index (Phi) is 7.76. The second kappa shape index (κ2) is 11.0. The first-order valence-electron chi connectivity index (χ1n) is 12.9. The third-order valence-corrected chi connectivity index (χ3v) is 8.77. The highest BCUT2D eigenvalue weighted by Gasteiger charge is 2.31. The fourth-order valence-corrected chi connectivity index (χ4v) is 6.31. The fourth-order valence-electron chi connectivity index (χ4n) is 4.97. The molecule has 0 saturated carbocycles. The highest BCUT2D eigenvalue weighted by Crippen LogP contribution is 2.38. The molecule has 1 amide bonds. The van der Waals surface area contributed by atoms with Gasteiger partial charge in [0, 0.05) is 60.2 Å². The number of piperazine rings is 1. The van der Waals surface area contributed by atoms with E-state index >= 15 is 0 Å². The zero-order valence-electron chi connectivity index (χ0n) is 21.9. The Balaban J connectivity index is 1.37. The molecule has 0 radical (unpaired) electrons. The van der Waals surface area contributed by atoms with Crippen LogP contribution in [-0.2, 0) is 4.79 Å². The number of aryl methyl sites for hydroxylation is 2. The largest absolute Gasteiger partial charge is 0.353 e. The lowest BCUT2D eigenvalue weighted by molar-refractivity contribution is -0.121. The van der Waals surface area contributed by atoms with E-state index in [1.54, 1.807) is 11.3 Å². The molecule has 1 unspecified atom stereocenters. The van der Waals surface area contributed by atoms with Crippen molar-refractivity contribution < 1.29 is 4.79 Å². The van der Waals surface area contributed by atoms with Crippen molar-refractivity contribution in [2.24, 2.45) is 4.99 Å². The number of amides is 1. The van der Waals surface area contributed by atoms with Gasteiger partial charge in [-0.1, -0.05) is 23.7 Å². The number of hydrogen-bond acceptors (Lipinski definition) is 7. The van der Waals surface area contributed by atoms with Crippen molar-refractivity contribution in [2.75, 3.05) is 46.3 Å². The van der Waals surface area contributed by atoms with Gasteiger partial charge >= 0.3 is 0 Å². The number of nitrogens with zero attached hydrogens (tertiary/aromatic N) is 6. The molecule has 1 saturated heterocycles. The molecule has 10 heteroatoms. The van der Waals surface area contributed by atoms with E-state index in [-0.39, 0.29) is 11.9 Å². The number of nitrogens with one attached hydrogen (secondary N) is 1. The molecule has 0 aliphatic carbocycles. The number of rotatable bonds is 7. The van der Waals surface area contributed by atoms with Gasteiger partial charge in [-0.25, -0.2) is 0 Å². The SMILES string of the molecule is Cc1sc2c(c1C)C(c1ccc(Cl)cc1)=NC(CNC(=O)CCCN1CCN(C)CC1)c1nnc(C)n1-2. The number of thiophene rings is 1. The molecule has 8 nitrogen and oxygen atoms in total. The summed E-state index contributed by atoms with van der Waals surface area (Å²) in [6.45, 7) is 11.9. The lowest BCUT2D eigenvalue weighted by Gasteiger charge is -2.32. The van der Waals surface area contributed by atoms with Crippen LogP contribution >= 0.6 is 22.9 Å². The van der Waals surface area contributed by atoms with Gasteiger partial charge in [0.05, 0.1) is 5.71 Å². The standard InChI is InChI=1S/C27H34ClN7OS/c1-17-18(2)37-27-24(17)25(20-7-9-21(28)10-8-20)30-22(26-32-31-19(3)35(26)27)16-29-23(36)6-5-11-34-14-12-33(4)13-15-34/h7-10,22H,5-6,11-16H2,1-4H3,(H,29,36). The molecule has 2 aliphatic heterocycles. The Morgan fingerprint density at radius 3 is 2.57 bits per heavy atom. The number of benzene rings is 1. The van der Waals surface area contributed by atoms with Gasteiger partial charge in [-0.3, -0.25) is 14.4 Å². The van der Waals surface area contributed by atoms with Gasteiger partial charge in [0.15, 0.2) is 5.82 Å². The lowest BCUT2D eigenvalue weighted by atomic mass is 10.00. The van der Waals surface area contributed by atoms with Gasteiger partial charge in [-0.05, 0) is 58.5 Å². The summed E-state index contributed by atoms with van der Waals surface area (Å²) in [5, 5.41) is 13.8. The summed E-state index contributed by atoms with van der Waals surface area (Å²) < 4.78 is 2.11. The maximum Gasteiger partial charge on any atom is 0.220 e. The van der Waals surface area contributed by atoms with E-state index in [1.165, 1.54) is 10.4 Å². The summed E-state index contributed by atoms with van der Waals surface area (Å²) in [6.07, 6.45) is 1.36. The quantitative estimate of drug-likeness (QED) is 0.492. The zero-order chi connectivity index (χ0) is 26.1. The number of hydrogen-bond donors (Lipinski definition) is 1. The van der Waals surface area contributed by atoms with E-state index in [2.05, 4.69) is 50.8 Å². The first kappa shape index (κ1) is 26.0. The summed E-state index contributed by atoms with van der Waals surface area (Å²) in [7, 11) is 2.16. The van der Waals surface area contributed by atoms with Crippen LogP contribution < -0.4 is 5.32 Å². The minimum Gasteiger partial charge on any atom is -0.353 e. The highest BCUT2D eigenvalue weighted by molar-refractivity contribution is 7.15. The van der Waals surface area contributed by atoms with Crippen molar-refractivity contribution in [3.63, 3.8) is 0 Å². The number of likely N-dealkylation sites (N-methyl/N-ethyl adjacent to an activating group) is 1. The second-order valence-electron chi connectivity index (χ2n) is 9.96. The van der Waals surface area contributed by atoms with Crippen molar-refractivity contribution in [1.29, 1.82) is 0 Å². The highest BCUT2D eigenvalue weighted by atomic mass is 35.5. The van der Waals surface area contributed by atoms with E-state index in [9.17, 15) is 4.79 Å². The van der Waals surface area contributed by atoms with Crippen molar-refractivity contribution in [3.05, 3.63) is 62.5 Å². The molecule has 5 rings (SSSR count). The average Bonchev–Trinajstić information content (AvgIpc) is 3.35. The smallest absolute Gasteiger partial charge is 0.220 e. The van der Waals surface area contributed by atoms with Crippen molar-refractivity contribution in [3.8, 4) is 5.00 Å². The van der Waals surface area contributed by atoms with E-state index in [4.69, 9.17) is 16.6 Å². The molecule has 3 aromatic rings. The summed E-state index contributed by atoms with van der Waals surface area (Å²) in [5.41, 5.74) is 4.18. The van der Waals surface area contributed by atoms with Gasteiger partial charge in [-0.2, -0.15) is 0 Å². The van der Waals surface area contributed by atoms with E-state index < -0.39 is 0 Å². The molecule has 1 aromatic carbocycles. The van der Waals surface area contributed by atoms with Crippen LogP contribution in [0.2, 0.25) is 5.02 Å². The molecule has 0 spiro atoms. The van der Waals surface area contributed by atoms with Gasteiger partial charge in [-0.15, -0.1) is 21.5 Å². The van der Waals surface area contributed by atoms with Gasteiger partial charge in [0.2, 0.25) is 5.91 Å². The number of carbonyl (C=O) groups excluding carboxylic acids is 1. The van der Waals surface area contributed by atoms with Crippen LogP contribution in [0.1, 0.15) is 52.1 Å². The van der Waals surface area contributed by atoms with Crippen LogP contribution in [0.15, 0.2) is 29.3 Å². The Morgan fingerprint density at radius 1 is 1.11 bits per heavy atom. The zero-order valence-corrected chi connectivity index (χ0v) is 23.5. The molecule has 0 bridgehead atoms. The van der Waals surface area contributed by atoms with Crippen molar-refractivity contribution in [2.45, 2.75) is 39.7 Å². The molecule has 196 valence electrons. The maximum atomic E-state index is 12.8. The van der Waals surface area contributed by atoms with Crippen LogP contribution in [-0.4, -0.2) is 82.5 Å². The predicted octanol–water partition coefficient (Wildman–Crippen LogP) is 3.94. The minimum absolute atomic E-state index is 0.0474. The van der Waals surface area contributed by atoms with Crippen LogP contribution in [0.3, 0.4) is 0 Å². The number of fused-ring (bicyclic) bond motifs is 3. The molecule has 1 fully saturated rings. The van der Waals surface area contributed by atoms with E-state index in [0.29, 0.717) is 18.0 Å². The van der Waals surface area contributed by atoms with E-state index in [1.807, 2.05) is 31.2 Å². The first-order valence-corrected chi connectivity index (χ1v) is 14.0. The monoisotopic (exact) mass is 539 g/mol. The molecule has 4 heterocycles. The molecule has 2 aromatic heterocycles. The van der Waals surface area contributed by atoms with Crippen LogP contribution in [0, 0.1) is 20.8 Å². The Bertz CT molecular complexity index is 1310. The molecule has 2 aliphatic rings. The number of aromatic nitrogens is 3. The Morgan fingerprint density at radius 2 is 1.84 bits per heavy atom. The third kappa shape index (κ3) is 5.50. The molecule has 37 heavy (non-hydrogen) atoms. The Labute approximate surface area is 227 Å². The van der Waals surface area contributed by atoms with Crippen molar-refractivity contribution >= 4 is 34.6 Å². The number of aliphatic imine (C=N–C) groups is 1. The molecular formula is C27H34ClN7OS. The van der Waals surface area contributed by atoms with Crippen LogP contribution in [0.4, 0.5) is 0 Å². The second-order valence-corrected chi connectivity index (χ2v) is 11.6. The van der Waals surface area contributed by atoms with Crippen molar-refractivity contribution in [1.82, 2.24) is 29.9 Å². The Hall–Kier alpha value is -2.59. The summed E-state index contributed by atoms with van der Waals surface area (Å²) >= 11 is 7.92. The molecular weight excluding hydrogens is 506 g/mol. The molecule has 1 atom stereocenters. The summed E-state index contributed by atoms with van der Waals surface area (Å²) in [4.78, 5) is 24.0. The summed E-state index contributed by atoms with van der Waals surface area (Å²) in [6, 6.07) is 7.43. The summed E-state index contributed by atoms with van der Waals surface area (Å²) in [5.74, 6) is 1.61. The maximum absolute atomic E-state index is 12.8. The number of halogens is 1. The van der Waals surface area contributed by atoms with Crippen LogP contribution in [0.5, 0.6) is 0 Å². The van der Waals surface area contributed by atoms with E-state index in [0.717, 1.165) is 72.6 Å². The third-order valence-electron chi connectivity index (χ3n) is 7.32. The number of carbonyl (C=O) groups is 1. The average molecular weight is 540 g/mol. The predicted molar refractivity (Wildman–Crippen MR) is 149 cm³/mol. The fraction of sp³-hybridized carbons (Fsp3) is 0.481. The first-order chi connectivity index (χ1) is 17.8. The van der Waals surface area contributed by atoms with Gasteiger partial charge in [0.25, 0.3) is 0 Å². The lowest BCUT2D eigenvalue weighted by Crippen LogP contribution is -2.44.